The molecule has 0 saturated carbocycles. The van der Waals surface area contributed by atoms with Gasteiger partial charge in [-0.3, -0.25) is 4.79 Å². The molecular weight excluding hydrogens is 220 g/mol. The van der Waals surface area contributed by atoms with Gasteiger partial charge in [0.25, 0.3) is 0 Å². The fraction of sp³-hybridized carbons (Fsp3) is 0.250. The zero-order valence-electron chi connectivity index (χ0n) is 9.36. The lowest BCUT2D eigenvalue weighted by Gasteiger charge is -1.95. The molecule has 1 amide bonds. The fourth-order valence-corrected chi connectivity index (χ4v) is 1.09. The number of amides is 1. The first-order valence-corrected chi connectivity index (χ1v) is 5.02. The van der Waals surface area contributed by atoms with Crippen molar-refractivity contribution in [3.63, 3.8) is 0 Å². The van der Waals surface area contributed by atoms with Crippen LogP contribution in [0.15, 0.2) is 18.3 Å². The Labute approximate surface area is 98.9 Å². The minimum Gasteiger partial charge on any atom is -0.477 e. The zero-order chi connectivity index (χ0) is 12.7. The molecule has 0 atom stereocenters. The molecule has 88 valence electrons. The third kappa shape index (κ3) is 4.80. The van der Waals surface area contributed by atoms with Crippen LogP contribution in [-0.2, 0) is 4.79 Å². The van der Waals surface area contributed by atoms with Crippen molar-refractivity contribution in [1.29, 1.82) is 0 Å². The van der Waals surface area contributed by atoms with Gasteiger partial charge in [-0.2, -0.15) is 0 Å². The highest BCUT2D eigenvalue weighted by Crippen LogP contribution is 1.99. The number of carboxylic acid groups (broad SMARTS) is 1. The van der Waals surface area contributed by atoms with Crippen LogP contribution in [0.4, 0.5) is 0 Å². The van der Waals surface area contributed by atoms with Crippen LogP contribution in [0.2, 0.25) is 0 Å². The van der Waals surface area contributed by atoms with Crippen molar-refractivity contribution in [2.45, 2.75) is 13.3 Å². The molecule has 1 rings (SSSR count). The molecule has 0 bridgehead atoms. The highest BCUT2D eigenvalue weighted by atomic mass is 16.4. The fourth-order valence-electron chi connectivity index (χ4n) is 1.09. The van der Waals surface area contributed by atoms with Crippen molar-refractivity contribution in [1.82, 2.24) is 10.3 Å². The van der Waals surface area contributed by atoms with Crippen LogP contribution < -0.4 is 5.32 Å². The first kappa shape index (κ1) is 12.7. The molecule has 5 nitrogen and oxygen atoms in total. The maximum absolute atomic E-state index is 10.6. The van der Waals surface area contributed by atoms with Crippen molar-refractivity contribution in [2.24, 2.45) is 0 Å². The number of pyridine rings is 1. The van der Waals surface area contributed by atoms with Gasteiger partial charge in [-0.25, -0.2) is 9.78 Å². The summed E-state index contributed by atoms with van der Waals surface area (Å²) < 4.78 is 0. The summed E-state index contributed by atoms with van der Waals surface area (Å²) in [6.45, 7) is 1.93. The Morgan fingerprint density at radius 2 is 2.29 bits per heavy atom. The summed E-state index contributed by atoms with van der Waals surface area (Å²) in [7, 11) is 0. The van der Waals surface area contributed by atoms with E-state index in [0.29, 0.717) is 18.5 Å². The molecule has 1 aromatic rings. The molecular formula is C12H12N2O3. The number of aromatic carboxylic acids is 1. The number of hydrogen-bond donors (Lipinski definition) is 2. The van der Waals surface area contributed by atoms with Crippen LogP contribution in [0.1, 0.15) is 29.4 Å². The van der Waals surface area contributed by atoms with Gasteiger partial charge >= 0.3 is 5.97 Å². The van der Waals surface area contributed by atoms with Crippen molar-refractivity contribution < 1.29 is 14.7 Å². The molecule has 0 unspecified atom stereocenters. The number of carbonyl (C=O) groups excluding carboxylic acids is 1. The summed E-state index contributed by atoms with van der Waals surface area (Å²) in [6, 6.07) is 3.05. The van der Waals surface area contributed by atoms with E-state index in [1.54, 1.807) is 6.07 Å². The molecule has 0 aromatic carbocycles. The van der Waals surface area contributed by atoms with Gasteiger partial charge in [0, 0.05) is 31.6 Å². The number of rotatable bonds is 3. The van der Waals surface area contributed by atoms with E-state index in [1.165, 1.54) is 19.2 Å². The second-order valence-electron chi connectivity index (χ2n) is 3.27. The number of aromatic nitrogens is 1. The summed E-state index contributed by atoms with van der Waals surface area (Å²) in [5.74, 6) is 4.48. The molecule has 0 radical (unpaired) electrons. The summed E-state index contributed by atoms with van der Waals surface area (Å²) >= 11 is 0. The first-order chi connectivity index (χ1) is 8.09. The molecule has 0 aliphatic rings. The average molecular weight is 232 g/mol. The van der Waals surface area contributed by atoms with E-state index in [0.717, 1.165) is 0 Å². The Hall–Kier alpha value is -2.35. The largest absolute Gasteiger partial charge is 0.477 e. The maximum atomic E-state index is 10.6. The normalized spacial score (nSPS) is 9.00. The third-order valence-electron chi connectivity index (χ3n) is 1.84. The van der Waals surface area contributed by atoms with Gasteiger partial charge in [0.2, 0.25) is 5.91 Å². The van der Waals surface area contributed by atoms with Gasteiger partial charge in [0.15, 0.2) is 0 Å². The molecule has 0 aliphatic carbocycles. The van der Waals surface area contributed by atoms with E-state index in [2.05, 4.69) is 22.1 Å². The Kier molecular flexibility index (Phi) is 4.70. The summed E-state index contributed by atoms with van der Waals surface area (Å²) in [5.41, 5.74) is 0.568. The quantitative estimate of drug-likeness (QED) is 0.592. The van der Waals surface area contributed by atoms with E-state index >= 15 is 0 Å². The van der Waals surface area contributed by atoms with Gasteiger partial charge in [-0.15, -0.1) is 0 Å². The van der Waals surface area contributed by atoms with Crippen molar-refractivity contribution >= 4 is 11.9 Å². The van der Waals surface area contributed by atoms with Gasteiger partial charge in [-0.05, 0) is 12.1 Å². The maximum Gasteiger partial charge on any atom is 0.354 e. The van der Waals surface area contributed by atoms with Gasteiger partial charge in [0.05, 0.1) is 0 Å². The van der Waals surface area contributed by atoms with E-state index in [9.17, 15) is 9.59 Å². The molecule has 1 aromatic heterocycles. The molecule has 0 saturated heterocycles. The second kappa shape index (κ2) is 6.28. The zero-order valence-corrected chi connectivity index (χ0v) is 9.36. The van der Waals surface area contributed by atoms with Crippen molar-refractivity contribution in [3.8, 4) is 11.8 Å². The minimum absolute atomic E-state index is 0.0290. The predicted octanol–water partition coefficient (Wildman–Crippen LogP) is 0.657. The third-order valence-corrected chi connectivity index (χ3v) is 1.84. The van der Waals surface area contributed by atoms with E-state index < -0.39 is 5.97 Å². The lowest BCUT2D eigenvalue weighted by atomic mass is 10.2. The second-order valence-corrected chi connectivity index (χ2v) is 3.27. The van der Waals surface area contributed by atoms with Gasteiger partial charge in [0.1, 0.15) is 5.69 Å². The topological polar surface area (TPSA) is 79.3 Å². The van der Waals surface area contributed by atoms with Crippen molar-refractivity contribution in [3.05, 3.63) is 29.6 Å². The molecule has 0 aliphatic heterocycles. The van der Waals surface area contributed by atoms with Gasteiger partial charge in [-0.1, -0.05) is 11.8 Å². The molecule has 17 heavy (non-hydrogen) atoms. The Balaban J connectivity index is 2.56. The SMILES string of the molecule is CC(=O)NCCC#Cc1ccnc(C(=O)O)c1. The Morgan fingerprint density at radius 3 is 2.94 bits per heavy atom. The van der Waals surface area contributed by atoms with Crippen molar-refractivity contribution in [2.75, 3.05) is 6.54 Å². The highest BCUT2D eigenvalue weighted by Gasteiger charge is 2.02. The lowest BCUT2D eigenvalue weighted by molar-refractivity contribution is -0.118. The van der Waals surface area contributed by atoms with Crippen LogP contribution >= 0.6 is 0 Å². The van der Waals surface area contributed by atoms with E-state index in [4.69, 9.17) is 5.11 Å². The number of hydrogen-bond acceptors (Lipinski definition) is 3. The van der Waals surface area contributed by atoms with Crippen LogP contribution in [0.5, 0.6) is 0 Å². The number of carbonyl (C=O) groups is 2. The van der Waals surface area contributed by atoms with Crippen LogP contribution in [0.25, 0.3) is 0 Å². The molecule has 1 heterocycles. The molecule has 2 N–H and O–H groups in total. The Morgan fingerprint density at radius 1 is 1.53 bits per heavy atom. The summed E-state index contributed by atoms with van der Waals surface area (Å²) in [6.07, 6.45) is 1.92. The Bertz CT molecular complexity index is 486. The summed E-state index contributed by atoms with van der Waals surface area (Å²) in [4.78, 5) is 24.9. The van der Waals surface area contributed by atoms with E-state index in [-0.39, 0.29) is 11.6 Å². The standard InChI is InChI=1S/C12H12N2O3/c1-9(15)13-6-3-2-4-10-5-7-14-11(8-10)12(16)17/h5,7-8H,3,6H2,1H3,(H,13,15)(H,16,17). The monoisotopic (exact) mass is 232 g/mol. The molecule has 0 fully saturated rings. The molecule has 0 spiro atoms. The summed E-state index contributed by atoms with van der Waals surface area (Å²) in [5, 5.41) is 11.3. The van der Waals surface area contributed by atoms with Gasteiger partial charge < -0.3 is 10.4 Å². The average Bonchev–Trinajstić information content (AvgIpc) is 2.28. The van der Waals surface area contributed by atoms with E-state index in [1.807, 2.05) is 0 Å². The predicted molar refractivity (Wildman–Crippen MR) is 61.4 cm³/mol. The number of carboxylic acids is 1. The molecule has 5 heteroatoms. The van der Waals surface area contributed by atoms with Crippen LogP contribution in [-0.4, -0.2) is 28.5 Å². The highest BCUT2D eigenvalue weighted by molar-refractivity contribution is 5.85. The lowest BCUT2D eigenvalue weighted by Crippen LogP contribution is -2.20. The first-order valence-electron chi connectivity index (χ1n) is 5.02. The number of nitrogens with zero attached hydrogens (tertiary/aromatic N) is 1. The van der Waals surface area contributed by atoms with Crippen LogP contribution in [0.3, 0.4) is 0 Å². The minimum atomic E-state index is -1.08. The smallest absolute Gasteiger partial charge is 0.354 e. The van der Waals surface area contributed by atoms with Crippen LogP contribution in [0, 0.1) is 11.8 Å². The number of nitrogens with one attached hydrogen (secondary N) is 1.